The zero-order chi connectivity index (χ0) is 18.2. The van der Waals surface area contributed by atoms with Gasteiger partial charge in [0, 0.05) is 22.2 Å². The summed E-state index contributed by atoms with van der Waals surface area (Å²) >= 11 is 17.1. The lowest BCUT2D eigenvalue weighted by Gasteiger charge is -2.11. The molecule has 0 bridgehead atoms. The smallest absolute Gasteiger partial charge is 0.257 e. The Bertz CT molecular complexity index is 751. The van der Waals surface area contributed by atoms with Crippen molar-refractivity contribution in [3.63, 3.8) is 0 Å². The molecule has 0 atom stereocenters. The molecular weight excluding hydrogens is 379 g/mol. The number of rotatable bonds is 6. The number of carbonyl (C=O) groups is 1. The molecule has 0 spiro atoms. The van der Waals surface area contributed by atoms with Gasteiger partial charge in [-0.2, -0.15) is 0 Å². The summed E-state index contributed by atoms with van der Waals surface area (Å²) in [4.78, 5) is 12.2. The zero-order valence-corrected chi connectivity index (χ0v) is 16.0. The third-order valence-electron chi connectivity index (χ3n) is 3.27. The van der Waals surface area contributed by atoms with Gasteiger partial charge in [0.05, 0.1) is 6.61 Å². The van der Waals surface area contributed by atoms with E-state index in [1.807, 2.05) is 6.92 Å². The Morgan fingerprint density at radius 3 is 2.52 bits per heavy atom. The van der Waals surface area contributed by atoms with Crippen LogP contribution in [0.2, 0.25) is 10.0 Å². The van der Waals surface area contributed by atoms with Gasteiger partial charge >= 0.3 is 0 Å². The maximum Gasteiger partial charge on any atom is 0.257 e. The van der Waals surface area contributed by atoms with Crippen molar-refractivity contribution in [1.82, 2.24) is 10.6 Å². The molecule has 132 valence electrons. The Morgan fingerprint density at radius 1 is 1.16 bits per heavy atom. The number of benzene rings is 2. The van der Waals surface area contributed by atoms with E-state index in [1.165, 1.54) is 0 Å². The first-order chi connectivity index (χ1) is 12.0. The van der Waals surface area contributed by atoms with Gasteiger partial charge in [0.25, 0.3) is 5.91 Å². The van der Waals surface area contributed by atoms with E-state index in [4.69, 9.17) is 40.2 Å². The fourth-order valence-electron chi connectivity index (χ4n) is 1.98. The van der Waals surface area contributed by atoms with Gasteiger partial charge in [-0.25, -0.2) is 0 Å². The average Bonchev–Trinajstić information content (AvgIpc) is 2.59. The summed E-state index contributed by atoms with van der Waals surface area (Å²) in [6.45, 7) is 3.07. The first kappa shape index (κ1) is 19.5. The van der Waals surface area contributed by atoms with Crippen LogP contribution in [0, 0.1) is 0 Å². The van der Waals surface area contributed by atoms with Crippen molar-refractivity contribution in [3.8, 4) is 5.75 Å². The van der Waals surface area contributed by atoms with Crippen LogP contribution < -0.4 is 15.4 Å². The molecule has 0 fully saturated rings. The maximum absolute atomic E-state index is 12.2. The minimum Gasteiger partial charge on any atom is -0.494 e. The number of hydrogen-bond acceptors (Lipinski definition) is 3. The van der Waals surface area contributed by atoms with Crippen molar-refractivity contribution in [2.75, 3.05) is 6.61 Å². The SMILES string of the molecule is CCCOc1ccc(C(=O)NC(=S)NCc2ccc(Cl)cc2Cl)cc1. The molecule has 7 heteroatoms. The normalized spacial score (nSPS) is 10.2. The van der Waals surface area contributed by atoms with E-state index >= 15 is 0 Å². The highest BCUT2D eigenvalue weighted by atomic mass is 35.5. The van der Waals surface area contributed by atoms with Crippen molar-refractivity contribution in [1.29, 1.82) is 0 Å². The van der Waals surface area contributed by atoms with Gasteiger partial charge in [0.15, 0.2) is 5.11 Å². The highest BCUT2D eigenvalue weighted by molar-refractivity contribution is 7.80. The van der Waals surface area contributed by atoms with Gasteiger partial charge < -0.3 is 10.1 Å². The highest BCUT2D eigenvalue weighted by Gasteiger charge is 2.09. The standard InChI is InChI=1S/C18H18Cl2N2O2S/c1-2-9-24-15-7-4-12(5-8-15)17(23)22-18(25)21-11-13-3-6-14(19)10-16(13)20/h3-8,10H,2,9,11H2,1H3,(H2,21,22,23,25). The van der Waals surface area contributed by atoms with Crippen LogP contribution in [0.3, 0.4) is 0 Å². The molecule has 25 heavy (non-hydrogen) atoms. The number of amides is 1. The summed E-state index contributed by atoms with van der Waals surface area (Å²) in [6.07, 6.45) is 0.930. The lowest BCUT2D eigenvalue weighted by Crippen LogP contribution is -2.38. The van der Waals surface area contributed by atoms with Crippen LogP contribution in [0.1, 0.15) is 29.3 Å². The van der Waals surface area contributed by atoms with E-state index in [9.17, 15) is 4.79 Å². The zero-order valence-electron chi connectivity index (χ0n) is 13.6. The Labute approximate surface area is 162 Å². The van der Waals surface area contributed by atoms with Crippen LogP contribution in [0.15, 0.2) is 42.5 Å². The summed E-state index contributed by atoms with van der Waals surface area (Å²) in [5.41, 5.74) is 1.33. The molecule has 2 rings (SSSR count). The van der Waals surface area contributed by atoms with Crippen LogP contribution in [0.4, 0.5) is 0 Å². The molecule has 0 heterocycles. The number of carbonyl (C=O) groups excluding carboxylic acids is 1. The van der Waals surface area contributed by atoms with Crippen LogP contribution in [-0.2, 0) is 6.54 Å². The van der Waals surface area contributed by atoms with Crippen LogP contribution in [0.5, 0.6) is 5.75 Å². The van der Waals surface area contributed by atoms with Gasteiger partial charge in [-0.05, 0) is 60.6 Å². The van der Waals surface area contributed by atoms with Gasteiger partial charge in [-0.15, -0.1) is 0 Å². The molecule has 0 saturated carbocycles. The van der Waals surface area contributed by atoms with Crippen molar-refractivity contribution in [2.24, 2.45) is 0 Å². The van der Waals surface area contributed by atoms with E-state index in [2.05, 4.69) is 10.6 Å². The third-order valence-corrected chi connectivity index (χ3v) is 4.10. The van der Waals surface area contributed by atoms with Crippen LogP contribution in [-0.4, -0.2) is 17.6 Å². The van der Waals surface area contributed by atoms with Gasteiger partial charge in [0.1, 0.15) is 5.75 Å². The second-order valence-electron chi connectivity index (χ2n) is 5.25. The third kappa shape index (κ3) is 6.20. The van der Waals surface area contributed by atoms with Crippen molar-refractivity contribution in [3.05, 3.63) is 63.6 Å². The number of nitrogens with one attached hydrogen (secondary N) is 2. The number of thiocarbonyl (C=S) groups is 1. The molecule has 0 saturated heterocycles. The molecule has 0 radical (unpaired) electrons. The highest BCUT2D eigenvalue weighted by Crippen LogP contribution is 2.20. The summed E-state index contributed by atoms with van der Waals surface area (Å²) in [7, 11) is 0. The first-order valence-corrected chi connectivity index (χ1v) is 8.92. The van der Waals surface area contributed by atoms with Gasteiger partial charge in [-0.3, -0.25) is 10.1 Å². The second-order valence-corrected chi connectivity index (χ2v) is 6.50. The Kier molecular flexibility index (Phi) is 7.50. The van der Waals surface area contributed by atoms with E-state index < -0.39 is 0 Å². The lowest BCUT2D eigenvalue weighted by atomic mass is 10.2. The molecule has 0 unspecified atom stereocenters. The Balaban J connectivity index is 1.86. The molecule has 2 aromatic rings. The molecule has 0 aliphatic heterocycles. The summed E-state index contributed by atoms with van der Waals surface area (Å²) in [5.74, 6) is 0.443. The predicted molar refractivity (Wildman–Crippen MR) is 106 cm³/mol. The van der Waals surface area contributed by atoms with Crippen molar-refractivity contribution < 1.29 is 9.53 Å². The van der Waals surface area contributed by atoms with Gasteiger partial charge in [0.2, 0.25) is 0 Å². The monoisotopic (exact) mass is 396 g/mol. The van der Waals surface area contributed by atoms with Gasteiger partial charge in [-0.1, -0.05) is 36.2 Å². The quantitative estimate of drug-likeness (QED) is 0.701. The Hall–Kier alpha value is -1.82. The molecule has 1 amide bonds. The summed E-state index contributed by atoms with van der Waals surface area (Å²) < 4.78 is 5.49. The molecular formula is C18H18Cl2N2O2S. The van der Waals surface area contributed by atoms with Crippen molar-refractivity contribution >= 4 is 46.4 Å². The topological polar surface area (TPSA) is 50.4 Å². The molecule has 4 nitrogen and oxygen atoms in total. The fraction of sp³-hybridized carbons (Fsp3) is 0.222. The molecule has 0 aliphatic carbocycles. The Morgan fingerprint density at radius 2 is 1.88 bits per heavy atom. The van der Waals surface area contributed by atoms with E-state index in [0.29, 0.717) is 28.8 Å². The first-order valence-electron chi connectivity index (χ1n) is 7.75. The number of ether oxygens (including phenoxy) is 1. The largest absolute Gasteiger partial charge is 0.494 e. The summed E-state index contributed by atoms with van der Waals surface area (Å²) in [6, 6.07) is 12.1. The second kappa shape index (κ2) is 9.61. The maximum atomic E-state index is 12.2. The average molecular weight is 397 g/mol. The molecule has 0 aliphatic rings. The molecule has 2 aromatic carbocycles. The van der Waals surface area contributed by atoms with Crippen LogP contribution in [0.25, 0.3) is 0 Å². The lowest BCUT2D eigenvalue weighted by molar-refractivity contribution is 0.0976. The van der Waals surface area contributed by atoms with E-state index in [1.54, 1.807) is 42.5 Å². The number of hydrogen-bond donors (Lipinski definition) is 2. The molecule has 0 aromatic heterocycles. The summed E-state index contributed by atoms with van der Waals surface area (Å²) in [5, 5.41) is 6.91. The predicted octanol–water partition coefficient (Wildman–Crippen LogP) is 4.59. The fourth-order valence-corrected chi connectivity index (χ4v) is 2.62. The van der Waals surface area contributed by atoms with E-state index in [0.717, 1.165) is 17.7 Å². The van der Waals surface area contributed by atoms with Crippen LogP contribution >= 0.6 is 35.4 Å². The number of halogens is 2. The minimum absolute atomic E-state index is 0.224. The minimum atomic E-state index is -0.290. The van der Waals surface area contributed by atoms with E-state index in [-0.39, 0.29) is 11.0 Å². The molecule has 2 N–H and O–H groups in total. The van der Waals surface area contributed by atoms with Crippen molar-refractivity contribution in [2.45, 2.75) is 19.9 Å².